The van der Waals surface area contributed by atoms with Crippen molar-refractivity contribution in [3.8, 4) is 0 Å². The summed E-state index contributed by atoms with van der Waals surface area (Å²) in [4.78, 5) is 18.0. The topological polar surface area (TPSA) is 99.9 Å². The van der Waals surface area contributed by atoms with Crippen LogP contribution in [0.5, 0.6) is 0 Å². The van der Waals surface area contributed by atoms with Crippen molar-refractivity contribution in [2.75, 3.05) is 13.2 Å². The van der Waals surface area contributed by atoms with Gasteiger partial charge in [-0.25, -0.2) is 4.68 Å². The van der Waals surface area contributed by atoms with Gasteiger partial charge in [-0.05, 0) is 67.1 Å². The average molecular weight is 427 g/mol. The van der Waals surface area contributed by atoms with Gasteiger partial charge in [0.2, 0.25) is 0 Å². The van der Waals surface area contributed by atoms with E-state index in [1.54, 1.807) is 0 Å². The summed E-state index contributed by atoms with van der Waals surface area (Å²) in [6.45, 7) is 11.3. The lowest BCUT2D eigenvalue weighted by molar-refractivity contribution is 0.122. The molecule has 8 heteroatoms. The molecule has 2 aromatic heterocycles. The highest BCUT2D eigenvalue weighted by molar-refractivity contribution is 5.79. The molecule has 0 aliphatic rings. The molecule has 0 aliphatic heterocycles. The number of aliphatic hydroxyl groups is 1. The molecule has 0 bridgehead atoms. The van der Waals surface area contributed by atoms with Crippen molar-refractivity contribution >= 4 is 10.9 Å². The van der Waals surface area contributed by atoms with Crippen LogP contribution in [0.25, 0.3) is 10.9 Å². The minimum Gasteiger partial charge on any atom is -0.395 e. The molecule has 0 saturated carbocycles. The number of hydrogen-bond acceptors (Lipinski definition) is 6. The number of aromatic nitrogens is 5. The van der Waals surface area contributed by atoms with Gasteiger partial charge >= 0.3 is 0 Å². The van der Waals surface area contributed by atoms with E-state index in [1.807, 2.05) is 35.9 Å². The lowest BCUT2D eigenvalue weighted by Gasteiger charge is -2.33. The van der Waals surface area contributed by atoms with E-state index in [4.69, 9.17) is 0 Å². The molecular formula is C23H34N6O2. The molecule has 0 saturated heterocycles. The number of nitrogens with zero attached hydrogens (tertiary/aromatic N) is 5. The lowest BCUT2D eigenvalue weighted by atomic mass is 10.0. The monoisotopic (exact) mass is 426 g/mol. The van der Waals surface area contributed by atoms with Gasteiger partial charge in [0.1, 0.15) is 0 Å². The first-order chi connectivity index (χ1) is 14.8. The van der Waals surface area contributed by atoms with Gasteiger partial charge < -0.3 is 10.1 Å². The summed E-state index contributed by atoms with van der Waals surface area (Å²) in [6, 6.07) is 7.88. The maximum atomic E-state index is 12.8. The van der Waals surface area contributed by atoms with Gasteiger partial charge in [0.15, 0.2) is 5.82 Å². The summed E-state index contributed by atoms with van der Waals surface area (Å²) < 4.78 is 1.89. The minimum atomic E-state index is -0.228. The Bertz CT molecular complexity index is 1070. The predicted molar refractivity (Wildman–Crippen MR) is 122 cm³/mol. The number of nitrogens with one attached hydrogen (secondary N) is 1. The molecule has 0 aliphatic carbocycles. The number of aromatic amines is 1. The van der Waals surface area contributed by atoms with Gasteiger partial charge in [-0.2, -0.15) is 0 Å². The van der Waals surface area contributed by atoms with Crippen LogP contribution in [0, 0.1) is 6.92 Å². The fourth-order valence-electron chi connectivity index (χ4n) is 3.90. The van der Waals surface area contributed by atoms with E-state index in [2.05, 4.69) is 53.1 Å². The van der Waals surface area contributed by atoms with Crippen LogP contribution in [0.4, 0.5) is 0 Å². The van der Waals surface area contributed by atoms with E-state index >= 15 is 0 Å². The molecule has 0 spiro atoms. The molecular weight excluding hydrogens is 392 g/mol. The van der Waals surface area contributed by atoms with Crippen molar-refractivity contribution in [2.24, 2.45) is 0 Å². The van der Waals surface area contributed by atoms with Gasteiger partial charge in [-0.1, -0.05) is 32.4 Å². The van der Waals surface area contributed by atoms with Crippen LogP contribution in [-0.4, -0.2) is 48.3 Å². The van der Waals surface area contributed by atoms with Crippen LogP contribution >= 0.6 is 0 Å². The number of pyridine rings is 1. The van der Waals surface area contributed by atoms with Crippen molar-refractivity contribution in [3.05, 3.63) is 51.6 Å². The zero-order valence-electron chi connectivity index (χ0n) is 19.2. The zero-order chi connectivity index (χ0) is 22.6. The van der Waals surface area contributed by atoms with Gasteiger partial charge in [-0.15, -0.1) is 5.10 Å². The highest BCUT2D eigenvalue weighted by atomic mass is 16.3. The van der Waals surface area contributed by atoms with E-state index in [-0.39, 0.29) is 23.7 Å². The van der Waals surface area contributed by atoms with E-state index in [1.165, 1.54) is 0 Å². The number of aliphatic hydroxyl groups excluding tert-OH is 1. The summed E-state index contributed by atoms with van der Waals surface area (Å²) in [5.41, 5.74) is 2.27. The number of hydrogen-bond donors (Lipinski definition) is 2. The van der Waals surface area contributed by atoms with Crippen molar-refractivity contribution in [1.29, 1.82) is 0 Å². The minimum absolute atomic E-state index is 0.0103. The number of benzene rings is 1. The Labute approximate surface area is 183 Å². The molecule has 3 aromatic rings. The van der Waals surface area contributed by atoms with Crippen LogP contribution in [0.1, 0.15) is 70.0 Å². The fourth-order valence-corrected chi connectivity index (χ4v) is 3.90. The highest BCUT2D eigenvalue weighted by Crippen LogP contribution is 2.29. The lowest BCUT2D eigenvalue weighted by Crippen LogP contribution is -2.37. The Balaban J connectivity index is 2.01. The van der Waals surface area contributed by atoms with Crippen molar-refractivity contribution in [2.45, 2.75) is 72.0 Å². The zero-order valence-corrected chi connectivity index (χ0v) is 19.2. The maximum absolute atomic E-state index is 12.8. The van der Waals surface area contributed by atoms with Crippen LogP contribution in [-0.2, 0) is 12.1 Å². The number of rotatable bonds is 10. The Morgan fingerprint density at radius 1 is 1.26 bits per heavy atom. The number of fused-ring (bicyclic) bond motifs is 1. The van der Waals surface area contributed by atoms with Crippen molar-refractivity contribution in [3.63, 3.8) is 0 Å². The normalized spacial score (nSPS) is 13.3. The molecule has 31 heavy (non-hydrogen) atoms. The van der Waals surface area contributed by atoms with Gasteiger partial charge in [0, 0.05) is 24.2 Å². The third-order valence-corrected chi connectivity index (χ3v) is 6.07. The Kier molecular flexibility index (Phi) is 7.23. The largest absolute Gasteiger partial charge is 0.395 e. The van der Waals surface area contributed by atoms with E-state index in [0.29, 0.717) is 18.7 Å². The van der Waals surface area contributed by atoms with Crippen molar-refractivity contribution in [1.82, 2.24) is 30.1 Å². The first kappa shape index (κ1) is 23.1. The second-order valence-corrected chi connectivity index (χ2v) is 8.83. The summed E-state index contributed by atoms with van der Waals surface area (Å²) in [6.07, 6.45) is 2.64. The molecule has 0 fully saturated rings. The molecule has 0 unspecified atom stereocenters. The first-order valence-corrected chi connectivity index (χ1v) is 11.1. The molecule has 0 radical (unpaired) electrons. The van der Waals surface area contributed by atoms with Gasteiger partial charge in [0.25, 0.3) is 5.56 Å². The predicted octanol–water partition coefficient (Wildman–Crippen LogP) is 3.30. The molecule has 2 N–H and O–H groups in total. The number of H-pyrrole nitrogens is 1. The summed E-state index contributed by atoms with van der Waals surface area (Å²) in [7, 11) is 0. The third kappa shape index (κ3) is 5.02. The summed E-state index contributed by atoms with van der Waals surface area (Å²) >= 11 is 0. The smallest absolute Gasteiger partial charge is 0.252 e. The quantitative estimate of drug-likeness (QED) is 0.516. The molecule has 168 valence electrons. The standard InChI is InChI=1S/C23H34N6O2/c1-6-8-20(21-25-26-27-29(21)23(4,5)7-2)28(11-12-30)15-18-14-17-10-9-16(3)13-19(17)24-22(18)31/h9-10,13-14,20,30H,6-8,11-12,15H2,1-5H3,(H,24,31)/t20-/m1/s1. The first-order valence-electron chi connectivity index (χ1n) is 11.1. The molecule has 1 atom stereocenters. The van der Waals surface area contributed by atoms with Crippen LogP contribution in [0.2, 0.25) is 0 Å². The maximum Gasteiger partial charge on any atom is 0.252 e. The fraction of sp³-hybridized carbons (Fsp3) is 0.565. The SMILES string of the molecule is CCC[C@H](c1nnnn1C(C)(C)CC)N(CCO)Cc1cc2ccc(C)cc2[nH]c1=O. The van der Waals surface area contributed by atoms with E-state index < -0.39 is 0 Å². The van der Waals surface area contributed by atoms with E-state index in [9.17, 15) is 9.90 Å². The molecule has 1 aromatic carbocycles. The van der Waals surface area contributed by atoms with Crippen LogP contribution < -0.4 is 5.56 Å². The molecule has 8 nitrogen and oxygen atoms in total. The summed E-state index contributed by atoms with van der Waals surface area (Å²) in [5.74, 6) is 0.773. The van der Waals surface area contributed by atoms with Crippen LogP contribution in [0.3, 0.4) is 0 Å². The Hall–Kier alpha value is -2.58. The van der Waals surface area contributed by atoms with Gasteiger partial charge in [-0.3, -0.25) is 9.69 Å². The second-order valence-electron chi connectivity index (χ2n) is 8.83. The molecule has 2 heterocycles. The molecule has 3 rings (SSSR count). The van der Waals surface area contributed by atoms with Crippen molar-refractivity contribution < 1.29 is 5.11 Å². The Morgan fingerprint density at radius 2 is 2.03 bits per heavy atom. The second kappa shape index (κ2) is 9.70. The number of tetrazole rings is 1. The summed E-state index contributed by atoms with van der Waals surface area (Å²) in [5, 5.41) is 23.4. The van der Waals surface area contributed by atoms with E-state index in [0.717, 1.165) is 41.6 Å². The average Bonchev–Trinajstić information content (AvgIpc) is 3.23. The molecule has 0 amide bonds. The third-order valence-electron chi connectivity index (χ3n) is 6.07. The highest BCUT2D eigenvalue weighted by Gasteiger charge is 2.31. The van der Waals surface area contributed by atoms with Crippen LogP contribution in [0.15, 0.2) is 29.1 Å². The Morgan fingerprint density at radius 3 is 2.71 bits per heavy atom. The number of aryl methyl sites for hydroxylation is 1. The van der Waals surface area contributed by atoms with Gasteiger partial charge in [0.05, 0.1) is 18.2 Å².